The first-order valence-corrected chi connectivity index (χ1v) is 2.10. The molecule has 0 aliphatic carbocycles. The molecule has 0 unspecified atom stereocenters. The molecule has 37 valence electrons. The molecule has 4 nitrogen and oxygen atoms in total. The van der Waals surface area contributed by atoms with E-state index in [1.807, 2.05) is 0 Å². The summed E-state index contributed by atoms with van der Waals surface area (Å²) in [4.78, 5) is 0. The summed E-state index contributed by atoms with van der Waals surface area (Å²) in [6, 6.07) is 0. The Morgan fingerprint density at radius 3 is 1.29 bits per heavy atom. The van der Waals surface area contributed by atoms with Crippen molar-refractivity contribution in [3.8, 4) is 0 Å². The van der Waals surface area contributed by atoms with Crippen molar-refractivity contribution >= 4 is 10.4 Å². The average molecular weight is 245 g/mol. The van der Waals surface area contributed by atoms with Crippen molar-refractivity contribution in [3.63, 3.8) is 0 Å². The first-order valence-electron chi connectivity index (χ1n) is 0.698. The molecule has 0 rings (SSSR count). The van der Waals surface area contributed by atoms with Gasteiger partial charge >= 0.3 is 29.3 Å². The fourth-order valence-corrected chi connectivity index (χ4v) is 0. The normalized spacial score (nSPS) is 8.29. The Morgan fingerprint density at radius 1 is 1.29 bits per heavy atom. The largest absolute Gasteiger partial charge is 1.00 e. The Bertz CT molecular complexity index is 99.2. The van der Waals surface area contributed by atoms with Crippen LogP contribution in [0.3, 0.4) is 0 Å². The summed E-state index contributed by atoms with van der Waals surface area (Å²) in [5, 5.41) is 0. The van der Waals surface area contributed by atoms with E-state index in [4.69, 9.17) is 17.5 Å². The van der Waals surface area contributed by atoms with Gasteiger partial charge in [0.1, 0.15) is 0 Å². The van der Waals surface area contributed by atoms with Crippen molar-refractivity contribution in [1.82, 2.24) is 0 Å². The number of rotatable bonds is 0. The molecule has 0 fully saturated rings. The fraction of sp³-hybridized carbons (Fsp3) is 0. The van der Waals surface area contributed by atoms with Crippen LogP contribution in [0.4, 0.5) is 0 Å². The Labute approximate surface area is 82.9 Å². The molecular formula is H3LaLiO4S. The van der Waals surface area contributed by atoms with Crippen LogP contribution in [0.25, 0.3) is 0 Å². The summed E-state index contributed by atoms with van der Waals surface area (Å²) in [6.07, 6.45) is 0. The van der Waals surface area contributed by atoms with Crippen LogP contribution in [0.1, 0.15) is 1.43 Å². The zero-order valence-electron chi connectivity index (χ0n) is 4.70. The third kappa shape index (κ3) is 88.9. The van der Waals surface area contributed by atoms with Gasteiger partial charge in [0.15, 0.2) is 0 Å². The zero-order valence-corrected chi connectivity index (χ0v) is 8.14. The van der Waals surface area contributed by atoms with Gasteiger partial charge in [-0.1, -0.05) is 0 Å². The third-order valence-electron chi connectivity index (χ3n) is 0. The van der Waals surface area contributed by atoms with Crippen molar-refractivity contribution in [1.29, 1.82) is 0 Å². The summed E-state index contributed by atoms with van der Waals surface area (Å²) in [5.74, 6) is 0. The molecule has 0 amide bonds. The number of hydrogen-bond donors (Lipinski definition) is 2. The van der Waals surface area contributed by atoms with E-state index >= 15 is 0 Å². The van der Waals surface area contributed by atoms with Crippen molar-refractivity contribution in [2.24, 2.45) is 0 Å². The first-order chi connectivity index (χ1) is 2.00. The van der Waals surface area contributed by atoms with E-state index in [0.29, 0.717) is 0 Å². The van der Waals surface area contributed by atoms with Gasteiger partial charge in [0.05, 0.1) is 0 Å². The summed E-state index contributed by atoms with van der Waals surface area (Å²) >= 11 is 0. The van der Waals surface area contributed by atoms with Gasteiger partial charge < -0.3 is 1.43 Å². The van der Waals surface area contributed by atoms with Crippen LogP contribution in [0, 0.1) is 35.6 Å². The Morgan fingerprint density at radius 2 is 1.29 bits per heavy atom. The topological polar surface area (TPSA) is 74.6 Å². The fourth-order valence-electron chi connectivity index (χ4n) is 0. The van der Waals surface area contributed by atoms with Gasteiger partial charge in [-0.25, -0.2) is 0 Å². The van der Waals surface area contributed by atoms with Gasteiger partial charge in [-0.05, 0) is 0 Å². The monoisotopic (exact) mass is 245 g/mol. The molecule has 0 bridgehead atoms. The molecule has 0 aliphatic rings. The van der Waals surface area contributed by atoms with Gasteiger partial charge in [-0.2, -0.15) is 8.42 Å². The van der Waals surface area contributed by atoms with Gasteiger partial charge in [0, 0.05) is 35.6 Å². The van der Waals surface area contributed by atoms with E-state index in [1.165, 1.54) is 0 Å². The molecule has 0 aromatic heterocycles. The minimum atomic E-state index is -4.67. The molecule has 0 spiro atoms. The molecule has 0 aromatic carbocycles. The maximum atomic E-state index is 8.74. The second-order valence-corrected chi connectivity index (χ2v) is 1.34. The number of hydrogen-bond acceptors (Lipinski definition) is 2. The summed E-state index contributed by atoms with van der Waals surface area (Å²) in [7, 11) is -4.67. The molecule has 2 N–H and O–H groups in total. The molecule has 0 heterocycles. The van der Waals surface area contributed by atoms with E-state index in [2.05, 4.69) is 0 Å². The van der Waals surface area contributed by atoms with E-state index in [0.717, 1.165) is 0 Å². The quantitative estimate of drug-likeness (QED) is 0.342. The van der Waals surface area contributed by atoms with E-state index in [9.17, 15) is 0 Å². The second-order valence-electron chi connectivity index (χ2n) is 0.448. The summed E-state index contributed by atoms with van der Waals surface area (Å²) < 4.78 is 31.6. The standard InChI is InChI=1S/La.Li.H2O4S.H/c;;1-5(2,3)4;/h;;(H2,1,2,3,4);/q;+1;;-1. The van der Waals surface area contributed by atoms with Gasteiger partial charge in [0.2, 0.25) is 0 Å². The molecule has 0 aromatic rings. The second kappa shape index (κ2) is 5.79. The SMILES string of the molecule is O=S(=O)(O)O.[H-].[La].[Li+]. The van der Waals surface area contributed by atoms with Crippen molar-refractivity contribution < 1.29 is 73.4 Å². The summed E-state index contributed by atoms with van der Waals surface area (Å²) in [5.41, 5.74) is 0. The molecule has 0 saturated carbocycles. The molecule has 0 atom stereocenters. The van der Waals surface area contributed by atoms with E-state index in [-0.39, 0.29) is 55.9 Å². The van der Waals surface area contributed by atoms with E-state index < -0.39 is 10.4 Å². The minimum absolute atomic E-state index is 0. The van der Waals surface area contributed by atoms with Crippen molar-refractivity contribution in [2.45, 2.75) is 0 Å². The minimum Gasteiger partial charge on any atom is -1.00 e. The van der Waals surface area contributed by atoms with Gasteiger partial charge in [-0.15, -0.1) is 0 Å². The van der Waals surface area contributed by atoms with Crippen LogP contribution in [-0.2, 0) is 10.4 Å². The average Bonchev–Trinajstić information content (AvgIpc) is 0.722. The van der Waals surface area contributed by atoms with Gasteiger partial charge in [-0.3, -0.25) is 9.11 Å². The predicted octanol–water partition coefficient (Wildman–Crippen LogP) is -3.54. The predicted molar refractivity (Wildman–Crippen MR) is 15.3 cm³/mol. The zero-order chi connectivity index (χ0) is 4.50. The first kappa shape index (κ1) is 15.9. The third-order valence-corrected chi connectivity index (χ3v) is 0. The van der Waals surface area contributed by atoms with Crippen molar-refractivity contribution in [2.75, 3.05) is 0 Å². The van der Waals surface area contributed by atoms with Crippen LogP contribution < -0.4 is 18.9 Å². The molecule has 7 heteroatoms. The van der Waals surface area contributed by atoms with Crippen LogP contribution >= 0.6 is 0 Å². The maximum absolute atomic E-state index is 8.74. The Balaban J connectivity index is -0.0000000267. The molecule has 7 heavy (non-hydrogen) atoms. The molecular weight excluding hydrogens is 242 g/mol. The van der Waals surface area contributed by atoms with E-state index in [1.54, 1.807) is 0 Å². The molecule has 0 saturated heterocycles. The van der Waals surface area contributed by atoms with Gasteiger partial charge in [0.25, 0.3) is 0 Å². The van der Waals surface area contributed by atoms with Crippen LogP contribution in [0.5, 0.6) is 0 Å². The Kier molecular flexibility index (Phi) is 13.1. The smallest absolute Gasteiger partial charge is 1.00 e. The van der Waals surface area contributed by atoms with Crippen LogP contribution in [0.15, 0.2) is 0 Å². The van der Waals surface area contributed by atoms with Crippen molar-refractivity contribution in [3.05, 3.63) is 0 Å². The molecule has 0 aliphatic heterocycles. The maximum Gasteiger partial charge on any atom is 1.00 e. The van der Waals surface area contributed by atoms with Crippen LogP contribution in [-0.4, -0.2) is 17.5 Å². The summed E-state index contributed by atoms with van der Waals surface area (Å²) in [6.45, 7) is 0. The molecule has 1 radical (unpaired) electrons. The van der Waals surface area contributed by atoms with Crippen LogP contribution in [0.2, 0.25) is 0 Å². The Hall–Kier alpha value is 1.66.